The van der Waals surface area contributed by atoms with Gasteiger partial charge in [0.05, 0.1) is 0 Å². The molecule has 19 heavy (non-hydrogen) atoms. The highest BCUT2D eigenvalue weighted by atomic mass is 32.2. The molecular formula is C17H21NS. The monoisotopic (exact) mass is 271 g/mol. The van der Waals surface area contributed by atoms with Gasteiger partial charge < -0.3 is 5.73 Å². The summed E-state index contributed by atoms with van der Waals surface area (Å²) in [5, 5.41) is 0. The lowest BCUT2D eigenvalue weighted by Crippen LogP contribution is -1.96. The standard InChI is InChI=1S/C17H21NS/c1-12-6-13(2)8-16(7-12)11-19-17-5-4-15(10-18)9-14(17)3/h4-9H,10-11,18H2,1-3H3. The summed E-state index contributed by atoms with van der Waals surface area (Å²) >= 11 is 1.90. The van der Waals surface area contributed by atoms with Gasteiger partial charge >= 0.3 is 0 Å². The first-order valence-electron chi connectivity index (χ1n) is 6.58. The molecule has 0 aliphatic carbocycles. The van der Waals surface area contributed by atoms with Crippen LogP contribution in [-0.4, -0.2) is 0 Å². The van der Waals surface area contributed by atoms with Gasteiger partial charge in [0, 0.05) is 17.2 Å². The molecule has 0 heterocycles. The van der Waals surface area contributed by atoms with E-state index >= 15 is 0 Å². The average molecular weight is 271 g/mol. The van der Waals surface area contributed by atoms with Crippen molar-refractivity contribution in [1.29, 1.82) is 0 Å². The third-order valence-electron chi connectivity index (χ3n) is 3.15. The van der Waals surface area contributed by atoms with Crippen molar-refractivity contribution in [3.05, 3.63) is 64.2 Å². The Kier molecular flexibility index (Phi) is 4.67. The van der Waals surface area contributed by atoms with E-state index in [-0.39, 0.29) is 0 Å². The Morgan fingerprint density at radius 2 is 1.58 bits per heavy atom. The van der Waals surface area contributed by atoms with Gasteiger partial charge in [-0.3, -0.25) is 0 Å². The van der Waals surface area contributed by atoms with Crippen LogP contribution in [0, 0.1) is 20.8 Å². The molecule has 0 aromatic heterocycles. The lowest BCUT2D eigenvalue weighted by atomic mass is 10.1. The predicted molar refractivity (Wildman–Crippen MR) is 84.5 cm³/mol. The third-order valence-corrected chi connectivity index (χ3v) is 4.40. The molecule has 0 saturated carbocycles. The van der Waals surface area contributed by atoms with Crippen LogP contribution in [0.15, 0.2) is 41.3 Å². The second-order valence-corrected chi connectivity index (χ2v) is 6.11. The van der Waals surface area contributed by atoms with Crippen molar-refractivity contribution in [2.24, 2.45) is 5.73 Å². The Labute approximate surface area is 120 Å². The lowest BCUT2D eigenvalue weighted by Gasteiger charge is -2.09. The summed E-state index contributed by atoms with van der Waals surface area (Å²) in [5.41, 5.74) is 12.3. The molecule has 0 fully saturated rings. The minimum absolute atomic E-state index is 0.614. The fourth-order valence-corrected chi connectivity index (χ4v) is 3.25. The molecule has 0 atom stereocenters. The summed E-state index contributed by atoms with van der Waals surface area (Å²) in [6.07, 6.45) is 0. The fraction of sp³-hybridized carbons (Fsp3) is 0.294. The first-order valence-corrected chi connectivity index (χ1v) is 7.56. The first kappa shape index (κ1) is 14.2. The van der Waals surface area contributed by atoms with Crippen molar-refractivity contribution < 1.29 is 0 Å². The van der Waals surface area contributed by atoms with E-state index in [0.717, 1.165) is 5.75 Å². The summed E-state index contributed by atoms with van der Waals surface area (Å²) < 4.78 is 0. The van der Waals surface area contributed by atoms with Gasteiger partial charge in [0.1, 0.15) is 0 Å². The van der Waals surface area contributed by atoms with Crippen LogP contribution in [-0.2, 0) is 12.3 Å². The molecule has 0 aliphatic rings. The van der Waals surface area contributed by atoms with Gasteiger partial charge in [0.25, 0.3) is 0 Å². The first-order chi connectivity index (χ1) is 9.08. The van der Waals surface area contributed by atoms with Crippen molar-refractivity contribution in [2.75, 3.05) is 0 Å². The summed E-state index contributed by atoms with van der Waals surface area (Å²) in [6.45, 7) is 7.08. The van der Waals surface area contributed by atoms with Crippen LogP contribution in [0.25, 0.3) is 0 Å². The molecule has 0 radical (unpaired) electrons. The van der Waals surface area contributed by atoms with Crippen LogP contribution in [0.1, 0.15) is 27.8 Å². The Bertz CT molecular complexity index is 555. The molecule has 0 spiro atoms. The van der Waals surface area contributed by atoms with Crippen LogP contribution >= 0.6 is 11.8 Å². The minimum Gasteiger partial charge on any atom is -0.326 e. The Morgan fingerprint density at radius 1 is 0.895 bits per heavy atom. The summed E-state index contributed by atoms with van der Waals surface area (Å²) in [4.78, 5) is 1.34. The van der Waals surface area contributed by atoms with Crippen molar-refractivity contribution >= 4 is 11.8 Å². The second-order valence-electron chi connectivity index (χ2n) is 5.09. The molecule has 0 bridgehead atoms. The quantitative estimate of drug-likeness (QED) is 0.836. The molecule has 0 saturated heterocycles. The highest BCUT2D eigenvalue weighted by Crippen LogP contribution is 2.27. The van der Waals surface area contributed by atoms with Crippen LogP contribution < -0.4 is 5.73 Å². The Morgan fingerprint density at radius 3 is 2.16 bits per heavy atom. The van der Waals surface area contributed by atoms with Gasteiger partial charge in [-0.15, -0.1) is 11.8 Å². The minimum atomic E-state index is 0.614. The molecule has 0 unspecified atom stereocenters. The van der Waals surface area contributed by atoms with Crippen molar-refractivity contribution in [3.8, 4) is 0 Å². The molecule has 2 aromatic carbocycles. The smallest absolute Gasteiger partial charge is 0.0232 e. The van der Waals surface area contributed by atoms with E-state index in [9.17, 15) is 0 Å². The van der Waals surface area contributed by atoms with Gasteiger partial charge in [0.15, 0.2) is 0 Å². The molecule has 2 rings (SSSR count). The molecule has 100 valence electrons. The van der Waals surface area contributed by atoms with Crippen LogP contribution in [0.3, 0.4) is 0 Å². The summed E-state index contributed by atoms with van der Waals surface area (Å²) in [7, 11) is 0. The summed E-state index contributed by atoms with van der Waals surface area (Å²) in [5.74, 6) is 1.02. The molecule has 2 N–H and O–H groups in total. The topological polar surface area (TPSA) is 26.0 Å². The Balaban J connectivity index is 2.10. The average Bonchev–Trinajstić information content (AvgIpc) is 2.36. The number of aryl methyl sites for hydroxylation is 3. The van der Waals surface area contributed by atoms with E-state index in [2.05, 4.69) is 57.2 Å². The number of hydrogen-bond acceptors (Lipinski definition) is 2. The van der Waals surface area contributed by atoms with Crippen LogP contribution in [0.5, 0.6) is 0 Å². The van der Waals surface area contributed by atoms with Crippen LogP contribution in [0.4, 0.5) is 0 Å². The number of hydrogen-bond donors (Lipinski definition) is 1. The zero-order valence-electron chi connectivity index (χ0n) is 11.9. The second kappa shape index (κ2) is 6.27. The number of benzene rings is 2. The van der Waals surface area contributed by atoms with Gasteiger partial charge in [-0.2, -0.15) is 0 Å². The van der Waals surface area contributed by atoms with Crippen molar-refractivity contribution in [2.45, 2.75) is 38.0 Å². The number of rotatable bonds is 4. The fourth-order valence-electron chi connectivity index (χ4n) is 2.31. The highest BCUT2D eigenvalue weighted by Gasteiger charge is 2.02. The third kappa shape index (κ3) is 3.85. The van der Waals surface area contributed by atoms with Gasteiger partial charge in [0.2, 0.25) is 0 Å². The molecule has 2 heteroatoms. The van der Waals surface area contributed by atoms with Gasteiger partial charge in [-0.1, -0.05) is 41.5 Å². The van der Waals surface area contributed by atoms with E-state index in [4.69, 9.17) is 5.73 Å². The van der Waals surface area contributed by atoms with Gasteiger partial charge in [-0.25, -0.2) is 0 Å². The number of nitrogens with two attached hydrogens (primary N) is 1. The lowest BCUT2D eigenvalue weighted by molar-refractivity contribution is 1.05. The zero-order valence-corrected chi connectivity index (χ0v) is 12.7. The van der Waals surface area contributed by atoms with E-state index in [1.165, 1.54) is 32.7 Å². The SMILES string of the molecule is Cc1cc(C)cc(CSc2ccc(CN)cc2C)c1. The summed E-state index contributed by atoms with van der Waals surface area (Å²) in [6, 6.07) is 13.2. The maximum absolute atomic E-state index is 5.66. The molecule has 0 amide bonds. The maximum Gasteiger partial charge on any atom is 0.0232 e. The molecule has 1 nitrogen and oxygen atoms in total. The van der Waals surface area contributed by atoms with E-state index < -0.39 is 0 Å². The predicted octanol–water partition coefficient (Wildman–Crippen LogP) is 4.36. The van der Waals surface area contributed by atoms with Crippen LogP contribution in [0.2, 0.25) is 0 Å². The van der Waals surface area contributed by atoms with Crippen molar-refractivity contribution in [1.82, 2.24) is 0 Å². The van der Waals surface area contributed by atoms with E-state index in [1.54, 1.807) is 0 Å². The normalized spacial score (nSPS) is 10.7. The largest absolute Gasteiger partial charge is 0.326 e. The molecule has 2 aromatic rings. The van der Waals surface area contributed by atoms with Gasteiger partial charge in [-0.05, 0) is 43.5 Å². The van der Waals surface area contributed by atoms with E-state index in [1.807, 2.05) is 11.8 Å². The highest BCUT2D eigenvalue weighted by molar-refractivity contribution is 7.98. The van der Waals surface area contributed by atoms with E-state index in [0.29, 0.717) is 6.54 Å². The zero-order chi connectivity index (χ0) is 13.8. The Hall–Kier alpha value is -1.25. The maximum atomic E-state index is 5.66. The van der Waals surface area contributed by atoms with Crippen molar-refractivity contribution in [3.63, 3.8) is 0 Å². The molecular weight excluding hydrogens is 250 g/mol. The molecule has 0 aliphatic heterocycles. The number of thioether (sulfide) groups is 1.